The van der Waals surface area contributed by atoms with Crippen molar-refractivity contribution >= 4 is 20.8 Å². The van der Waals surface area contributed by atoms with Gasteiger partial charge in [-0.05, 0) is 39.3 Å². The summed E-state index contributed by atoms with van der Waals surface area (Å²) in [4.78, 5) is -0.457. The minimum atomic E-state index is -4.87. The predicted molar refractivity (Wildman–Crippen MR) is 83.7 cm³/mol. The Morgan fingerprint density at radius 1 is 1.18 bits per heavy atom. The van der Waals surface area contributed by atoms with Crippen LogP contribution in [0.4, 0.5) is 8.78 Å². The van der Waals surface area contributed by atoms with Crippen LogP contribution in [0, 0.1) is 0 Å². The van der Waals surface area contributed by atoms with Crippen LogP contribution < -0.4 is 4.72 Å². The van der Waals surface area contributed by atoms with E-state index in [0.717, 1.165) is 12.1 Å². The van der Waals surface area contributed by atoms with Crippen LogP contribution in [-0.4, -0.2) is 28.7 Å². The molecule has 0 aliphatic heterocycles. The van der Waals surface area contributed by atoms with Crippen molar-refractivity contribution in [3.05, 3.63) is 30.3 Å². The third-order valence-electron chi connectivity index (χ3n) is 3.03. The van der Waals surface area contributed by atoms with Crippen molar-refractivity contribution in [3.8, 4) is 0 Å². The molecule has 1 aromatic rings. The van der Waals surface area contributed by atoms with Gasteiger partial charge in [-0.2, -0.15) is 8.78 Å². The summed E-state index contributed by atoms with van der Waals surface area (Å²) in [5.74, 6) is 0. The molecule has 0 aromatic heterocycles. The van der Waals surface area contributed by atoms with Gasteiger partial charge in [-0.15, -0.1) is 0 Å². The number of nitrogens with one attached hydrogen (secondary N) is 1. The molecule has 2 atom stereocenters. The fourth-order valence-electron chi connectivity index (χ4n) is 1.64. The molecule has 0 aliphatic rings. The zero-order valence-electron chi connectivity index (χ0n) is 13.0. The Morgan fingerprint density at radius 2 is 1.68 bits per heavy atom. The average molecular weight is 353 g/mol. The molecule has 4 nitrogen and oxygen atoms in total. The van der Waals surface area contributed by atoms with Gasteiger partial charge in [0.05, 0.1) is 26.7 Å². The molecule has 0 saturated carbocycles. The zero-order chi connectivity index (χ0) is 17.2. The fourth-order valence-corrected chi connectivity index (χ4v) is 4.07. The quantitative estimate of drug-likeness (QED) is 0.855. The summed E-state index contributed by atoms with van der Waals surface area (Å²) < 4.78 is 66.9. The molecule has 0 aliphatic carbocycles. The van der Waals surface area contributed by atoms with Gasteiger partial charge in [0.2, 0.25) is 9.84 Å². The van der Waals surface area contributed by atoms with Crippen LogP contribution in [-0.2, 0) is 20.8 Å². The summed E-state index contributed by atoms with van der Waals surface area (Å²) in [6.45, 7) is 6.28. The first-order valence-corrected chi connectivity index (χ1v) is 9.43. The SMILES string of the molecule is CCC(NS(=O)C(C)(C)C)C(F)(F)S(=O)(=O)c1ccccc1. The lowest BCUT2D eigenvalue weighted by Crippen LogP contribution is -2.52. The number of halogens is 2. The molecule has 0 heterocycles. The second-order valence-corrected chi connectivity index (χ2v) is 9.86. The highest BCUT2D eigenvalue weighted by Gasteiger charge is 2.53. The largest absolute Gasteiger partial charge is 0.365 e. The smallest absolute Gasteiger partial charge is 0.242 e. The molecule has 126 valence electrons. The molecule has 1 rings (SSSR count). The monoisotopic (exact) mass is 353 g/mol. The lowest BCUT2D eigenvalue weighted by Gasteiger charge is -2.29. The van der Waals surface area contributed by atoms with Crippen LogP contribution in [0.15, 0.2) is 35.2 Å². The Kier molecular flexibility index (Phi) is 5.86. The summed E-state index contributed by atoms with van der Waals surface area (Å²) >= 11 is 0. The van der Waals surface area contributed by atoms with E-state index in [1.807, 2.05) is 0 Å². The summed E-state index contributed by atoms with van der Waals surface area (Å²) in [6.07, 6.45) is -0.180. The highest BCUT2D eigenvalue weighted by Crippen LogP contribution is 2.34. The second kappa shape index (κ2) is 6.72. The Balaban J connectivity index is 3.17. The number of rotatable bonds is 6. The van der Waals surface area contributed by atoms with Gasteiger partial charge in [0.25, 0.3) is 0 Å². The van der Waals surface area contributed by atoms with Crippen molar-refractivity contribution in [2.24, 2.45) is 0 Å². The lowest BCUT2D eigenvalue weighted by molar-refractivity contribution is 0.0548. The van der Waals surface area contributed by atoms with Crippen LogP contribution in [0.3, 0.4) is 0 Å². The molecule has 0 amide bonds. The number of hydrogen-bond donors (Lipinski definition) is 1. The maximum Gasteiger partial charge on any atom is 0.365 e. The topological polar surface area (TPSA) is 63.2 Å². The van der Waals surface area contributed by atoms with Crippen molar-refractivity contribution in [2.45, 2.75) is 55.1 Å². The summed E-state index contributed by atoms with van der Waals surface area (Å²) in [6, 6.07) is 4.81. The second-order valence-electron chi connectivity index (χ2n) is 5.84. The molecule has 8 heteroatoms. The van der Waals surface area contributed by atoms with Crippen LogP contribution in [0.2, 0.25) is 0 Å². The fraction of sp³-hybridized carbons (Fsp3) is 0.571. The molecule has 0 fully saturated rings. The first-order valence-electron chi connectivity index (χ1n) is 6.80. The van der Waals surface area contributed by atoms with E-state index in [0.29, 0.717) is 0 Å². The van der Waals surface area contributed by atoms with E-state index in [9.17, 15) is 21.4 Å². The van der Waals surface area contributed by atoms with Gasteiger partial charge in [-0.25, -0.2) is 17.3 Å². The molecule has 0 radical (unpaired) electrons. The van der Waals surface area contributed by atoms with E-state index in [4.69, 9.17) is 0 Å². The molecule has 2 unspecified atom stereocenters. The van der Waals surface area contributed by atoms with Gasteiger partial charge in [0.1, 0.15) is 0 Å². The Hall–Kier alpha value is -0.860. The number of benzene rings is 1. The number of sulfone groups is 1. The normalized spacial score (nSPS) is 16.3. The Labute approximate surface area is 132 Å². The third kappa shape index (κ3) is 3.91. The maximum absolute atomic E-state index is 14.5. The van der Waals surface area contributed by atoms with Gasteiger partial charge in [0, 0.05) is 0 Å². The maximum atomic E-state index is 14.5. The van der Waals surface area contributed by atoms with Crippen molar-refractivity contribution in [1.82, 2.24) is 4.72 Å². The molecule has 0 spiro atoms. The average Bonchev–Trinajstić information content (AvgIpc) is 2.43. The zero-order valence-corrected chi connectivity index (χ0v) is 14.6. The van der Waals surface area contributed by atoms with E-state index in [2.05, 4.69) is 4.72 Å². The van der Waals surface area contributed by atoms with Gasteiger partial charge < -0.3 is 0 Å². The number of alkyl halides is 2. The van der Waals surface area contributed by atoms with Crippen LogP contribution >= 0.6 is 0 Å². The first kappa shape index (κ1) is 19.2. The molecular formula is C14H21F2NO3S2. The van der Waals surface area contributed by atoms with Crippen LogP contribution in [0.5, 0.6) is 0 Å². The molecule has 22 heavy (non-hydrogen) atoms. The van der Waals surface area contributed by atoms with E-state index < -0.39 is 41.8 Å². The van der Waals surface area contributed by atoms with Crippen molar-refractivity contribution in [3.63, 3.8) is 0 Å². The van der Waals surface area contributed by atoms with Crippen molar-refractivity contribution < 1.29 is 21.4 Å². The van der Waals surface area contributed by atoms with Crippen molar-refractivity contribution in [1.29, 1.82) is 0 Å². The Morgan fingerprint density at radius 3 is 2.09 bits per heavy atom. The Bertz CT molecular complexity index is 625. The predicted octanol–water partition coefficient (Wildman–Crippen LogP) is 2.88. The standard InChI is InChI=1S/C14H21F2NO3S2/c1-5-12(17-21(18)13(2,3)4)14(15,16)22(19,20)11-9-7-6-8-10-11/h6-10,12,17H,5H2,1-4H3. The molecule has 0 saturated heterocycles. The molecule has 0 bridgehead atoms. The summed E-state index contributed by atoms with van der Waals surface area (Å²) in [5, 5.41) is -4.07. The lowest BCUT2D eigenvalue weighted by atomic mass is 10.2. The van der Waals surface area contributed by atoms with E-state index in [-0.39, 0.29) is 6.42 Å². The molecular weight excluding hydrogens is 332 g/mol. The van der Waals surface area contributed by atoms with Crippen LogP contribution in [0.25, 0.3) is 0 Å². The minimum absolute atomic E-state index is 0.180. The van der Waals surface area contributed by atoms with Gasteiger partial charge in [0.15, 0.2) is 0 Å². The van der Waals surface area contributed by atoms with Gasteiger partial charge >= 0.3 is 5.25 Å². The van der Waals surface area contributed by atoms with E-state index >= 15 is 0 Å². The minimum Gasteiger partial charge on any atom is -0.242 e. The van der Waals surface area contributed by atoms with Crippen molar-refractivity contribution in [2.75, 3.05) is 0 Å². The third-order valence-corrected chi connectivity index (χ3v) is 6.54. The molecule has 1 N–H and O–H groups in total. The highest BCUT2D eigenvalue weighted by molar-refractivity contribution is 7.92. The van der Waals surface area contributed by atoms with Crippen LogP contribution in [0.1, 0.15) is 34.1 Å². The number of hydrogen-bond acceptors (Lipinski definition) is 3. The molecule has 1 aromatic carbocycles. The summed E-state index contributed by atoms with van der Waals surface area (Å²) in [7, 11) is -6.67. The first-order chi connectivity index (χ1) is 9.94. The van der Waals surface area contributed by atoms with E-state index in [1.54, 1.807) is 26.8 Å². The highest BCUT2D eigenvalue weighted by atomic mass is 32.2. The van der Waals surface area contributed by atoms with Gasteiger partial charge in [-0.3, -0.25) is 0 Å². The summed E-state index contributed by atoms with van der Waals surface area (Å²) in [5.41, 5.74) is 0. The van der Waals surface area contributed by atoms with Gasteiger partial charge in [-0.1, -0.05) is 25.1 Å². The van der Waals surface area contributed by atoms with E-state index in [1.165, 1.54) is 19.1 Å².